The second kappa shape index (κ2) is 6.33. The minimum Gasteiger partial charge on any atom is -0.342 e. The number of hydrogen-bond acceptors (Lipinski definition) is 5. The summed E-state index contributed by atoms with van der Waals surface area (Å²) in [7, 11) is 1.92. The van der Waals surface area contributed by atoms with Crippen molar-refractivity contribution in [1.29, 1.82) is 0 Å². The van der Waals surface area contributed by atoms with Crippen LogP contribution in [0.25, 0.3) is 0 Å². The average Bonchev–Trinajstić information content (AvgIpc) is 2.95. The van der Waals surface area contributed by atoms with Gasteiger partial charge in [0.1, 0.15) is 0 Å². The predicted molar refractivity (Wildman–Crippen MR) is 74.9 cm³/mol. The smallest absolute Gasteiger partial charge is 0.265 e. The number of benzene rings is 1. The van der Waals surface area contributed by atoms with Crippen LogP contribution in [0, 0.1) is 0 Å². The van der Waals surface area contributed by atoms with E-state index in [2.05, 4.69) is 22.3 Å². The zero-order valence-corrected chi connectivity index (χ0v) is 11.4. The second-order valence-corrected chi connectivity index (χ2v) is 4.58. The topological polar surface area (TPSA) is 68.2 Å². The quantitative estimate of drug-likeness (QED) is 0.862. The SMILES string of the molecule is CCN(C)c1noc(C(N)CCc2ccccc2)n1. The van der Waals surface area contributed by atoms with Crippen LogP contribution in [0.1, 0.15) is 30.8 Å². The molecule has 2 rings (SSSR count). The maximum Gasteiger partial charge on any atom is 0.265 e. The lowest BCUT2D eigenvalue weighted by Crippen LogP contribution is -2.17. The van der Waals surface area contributed by atoms with Gasteiger partial charge in [-0.2, -0.15) is 4.98 Å². The van der Waals surface area contributed by atoms with Crippen LogP contribution >= 0.6 is 0 Å². The third-order valence-electron chi connectivity index (χ3n) is 3.15. The highest BCUT2D eigenvalue weighted by Gasteiger charge is 2.16. The summed E-state index contributed by atoms with van der Waals surface area (Å²) in [6.07, 6.45) is 1.70. The van der Waals surface area contributed by atoms with E-state index in [0.717, 1.165) is 19.4 Å². The van der Waals surface area contributed by atoms with Crippen molar-refractivity contribution >= 4 is 5.95 Å². The van der Waals surface area contributed by atoms with Gasteiger partial charge in [0.2, 0.25) is 5.89 Å². The third kappa shape index (κ3) is 3.54. The Kier molecular flexibility index (Phi) is 4.52. The van der Waals surface area contributed by atoms with E-state index in [1.807, 2.05) is 37.1 Å². The molecule has 1 unspecified atom stereocenters. The van der Waals surface area contributed by atoms with Gasteiger partial charge in [-0.05, 0) is 30.5 Å². The molecule has 102 valence electrons. The number of aryl methyl sites for hydroxylation is 1. The van der Waals surface area contributed by atoms with Gasteiger partial charge in [-0.3, -0.25) is 0 Å². The maximum atomic E-state index is 6.08. The van der Waals surface area contributed by atoms with E-state index >= 15 is 0 Å². The van der Waals surface area contributed by atoms with Crippen LogP contribution in [0.3, 0.4) is 0 Å². The molecular formula is C14H20N4O. The standard InChI is InChI=1S/C14H20N4O/c1-3-18(2)14-16-13(19-17-14)12(15)10-9-11-7-5-4-6-8-11/h4-8,12H,3,9-10,15H2,1-2H3. The van der Waals surface area contributed by atoms with Gasteiger partial charge in [-0.15, -0.1) is 0 Å². The lowest BCUT2D eigenvalue weighted by atomic mass is 10.1. The lowest BCUT2D eigenvalue weighted by Gasteiger charge is -2.09. The highest BCUT2D eigenvalue weighted by atomic mass is 16.5. The Morgan fingerprint density at radius 3 is 2.74 bits per heavy atom. The summed E-state index contributed by atoms with van der Waals surface area (Å²) < 4.78 is 5.21. The van der Waals surface area contributed by atoms with E-state index < -0.39 is 0 Å². The van der Waals surface area contributed by atoms with Crippen LogP contribution in [0.2, 0.25) is 0 Å². The summed E-state index contributed by atoms with van der Waals surface area (Å²) in [4.78, 5) is 6.23. The van der Waals surface area contributed by atoms with Crippen LogP contribution < -0.4 is 10.6 Å². The first-order valence-corrected chi connectivity index (χ1v) is 6.55. The molecule has 1 heterocycles. The predicted octanol–water partition coefficient (Wildman–Crippen LogP) is 2.16. The molecule has 0 aliphatic heterocycles. The molecule has 0 bridgehead atoms. The molecule has 1 aromatic carbocycles. The molecule has 5 nitrogen and oxygen atoms in total. The minimum absolute atomic E-state index is 0.216. The number of rotatable bonds is 6. The fourth-order valence-corrected chi connectivity index (χ4v) is 1.76. The Morgan fingerprint density at radius 2 is 2.05 bits per heavy atom. The molecule has 0 spiro atoms. The molecule has 2 aromatic rings. The van der Waals surface area contributed by atoms with Crippen molar-refractivity contribution in [1.82, 2.24) is 10.1 Å². The normalized spacial score (nSPS) is 12.4. The summed E-state index contributed by atoms with van der Waals surface area (Å²) in [5.41, 5.74) is 7.35. The number of hydrogen-bond donors (Lipinski definition) is 1. The van der Waals surface area contributed by atoms with Crippen LogP contribution in [0.5, 0.6) is 0 Å². The molecule has 0 fully saturated rings. The monoisotopic (exact) mass is 260 g/mol. The largest absolute Gasteiger partial charge is 0.342 e. The van der Waals surface area contributed by atoms with E-state index in [4.69, 9.17) is 10.3 Å². The molecule has 0 radical (unpaired) electrons. The molecule has 0 aliphatic rings. The zero-order valence-electron chi connectivity index (χ0n) is 11.4. The van der Waals surface area contributed by atoms with Crippen molar-refractivity contribution in [2.45, 2.75) is 25.8 Å². The van der Waals surface area contributed by atoms with Crippen molar-refractivity contribution in [3.63, 3.8) is 0 Å². The van der Waals surface area contributed by atoms with Crippen molar-refractivity contribution in [3.05, 3.63) is 41.8 Å². The van der Waals surface area contributed by atoms with Crippen molar-refractivity contribution in [2.24, 2.45) is 5.73 Å². The van der Waals surface area contributed by atoms with Crippen molar-refractivity contribution < 1.29 is 4.52 Å². The van der Waals surface area contributed by atoms with E-state index in [-0.39, 0.29) is 6.04 Å². The average molecular weight is 260 g/mol. The molecular weight excluding hydrogens is 240 g/mol. The number of aromatic nitrogens is 2. The summed E-state index contributed by atoms with van der Waals surface area (Å²) in [5, 5.41) is 3.92. The lowest BCUT2D eigenvalue weighted by molar-refractivity contribution is 0.348. The summed E-state index contributed by atoms with van der Waals surface area (Å²) in [6.45, 7) is 2.86. The van der Waals surface area contributed by atoms with Crippen molar-refractivity contribution in [3.8, 4) is 0 Å². The molecule has 5 heteroatoms. The molecule has 1 atom stereocenters. The third-order valence-corrected chi connectivity index (χ3v) is 3.15. The Labute approximate surface area is 113 Å². The molecule has 0 amide bonds. The van der Waals surface area contributed by atoms with Gasteiger partial charge in [0.15, 0.2) is 0 Å². The fourth-order valence-electron chi connectivity index (χ4n) is 1.76. The summed E-state index contributed by atoms with van der Waals surface area (Å²) in [6, 6.07) is 10.0. The van der Waals surface area contributed by atoms with Gasteiger partial charge in [-0.1, -0.05) is 30.3 Å². The molecule has 0 saturated heterocycles. The highest BCUT2D eigenvalue weighted by Crippen LogP contribution is 2.17. The minimum atomic E-state index is -0.216. The van der Waals surface area contributed by atoms with E-state index in [9.17, 15) is 0 Å². The van der Waals surface area contributed by atoms with Gasteiger partial charge in [0, 0.05) is 13.6 Å². The molecule has 0 saturated carbocycles. The van der Waals surface area contributed by atoms with Crippen LogP contribution in [0.4, 0.5) is 5.95 Å². The Hall–Kier alpha value is -1.88. The van der Waals surface area contributed by atoms with E-state index in [1.165, 1.54) is 5.56 Å². The van der Waals surface area contributed by atoms with E-state index in [0.29, 0.717) is 11.8 Å². The van der Waals surface area contributed by atoms with Gasteiger partial charge < -0.3 is 15.2 Å². The van der Waals surface area contributed by atoms with Gasteiger partial charge in [0.25, 0.3) is 5.95 Å². The van der Waals surface area contributed by atoms with Gasteiger partial charge in [-0.25, -0.2) is 0 Å². The maximum absolute atomic E-state index is 6.08. The Bertz CT molecular complexity index is 497. The zero-order chi connectivity index (χ0) is 13.7. The number of anilines is 1. The fraction of sp³-hybridized carbons (Fsp3) is 0.429. The summed E-state index contributed by atoms with van der Waals surface area (Å²) >= 11 is 0. The molecule has 1 aromatic heterocycles. The first-order chi connectivity index (χ1) is 9.20. The first-order valence-electron chi connectivity index (χ1n) is 6.55. The summed E-state index contributed by atoms with van der Waals surface area (Å²) in [5.74, 6) is 1.10. The number of nitrogens with two attached hydrogens (primary N) is 1. The molecule has 2 N–H and O–H groups in total. The Balaban J connectivity index is 1.93. The van der Waals surface area contributed by atoms with Crippen LogP contribution in [-0.2, 0) is 6.42 Å². The molecule has 0 aliphatic carbocycles. The van der Waals surface area contributed by atoms with Gasteiger partial charge >= 0.3 is 0 Å². The van der Waals surface area contributed by atoms with Crippen LogP contribution in [0.15, 0.2) is 34.9 Å². The Morgan fingerprint density at radius 1 is 1.32 bits per heavy atom. The van der Waals surface area contributed by atoms with Gasteiger partial charge in [0.05, 0.1) is 6.04 Å². The van der Waals surface area contributed by atoms with Crippen LogP contribution in [-0.4, -0.2) is 23.7 Å². The second-order valence-electron chi connectivity index (χ2n) is 4.58. The van der Waals surface area contributed by atoms with Crippen molar-refractivity contribution in [2.75, 3.05) is 18.5 Å². The molecule has 19 heavy (non-hydrogen) atoms. The number of nitrogens with zero attached hydrogens (tertiary/aromatic N) is 3. The van der Waals surface area contributed by atoms with E-state index in [1.54, 1.807) is 0 Å². The first kappa shape index (κ1) is 13.5. The highest BCUT2D eigenvalue weighted by molar-refractivity contribution is 5.25.